The largest absolute Gasteiger partial charge is 0.414 e. The van der Waals surface area contributed by atoms with Gasteiger partial charge in [-0.1, -0.05) is 18.2 Å². The number of hydrogen-bond acceptors (Lipinski definition) is 2. The van der Waals surface area contributed by atoms with Gasteiger partial charge in [-0.3, -0.25) is 4.79 Å². The van der Waals surface area contributed by atoms with Gasteiger partial charge >= 0.3 is 6.18 Å². The van der Waals surface area contributed by atoms with Crippen LogP contribution in [0.1, 0.15) is 30.7 Å². The molecule has 3 nitrogen and oxygen atoms in total. The summed E-state index contributed by atoms with van der Waals surface area (Å²) in [5.74, 6) is -1.74. The van der Waals surface area contributed by atoms with Gasteiger partial charge in [-0.2, -0.15) is 13.2 Å². The Morgan fingerprint density at radius 3 is 2.42 bits per heavy atom. The number of carbonyl (C=O) groups excluding carboxylic acids is 1. The third-order valence-corrected chi connectivity index (χ3v) is 5.05. The van der Waals surface area contributed by atoms with E-state index in [0.717, 1.165) is 0 Å². The zero-order valence-corrected chi connectivity index (χ0v) is 13.0. The van der Waals surface area contributed by atoms with Crippen molar-refractivity contribution in [1.82, 2.24) is 4.90 Å². The van der Waals surface area contributed by atoms with E-state index in [0.29, 0.717) is 12.0 Å². The lowest BCUT2D eigenvalue weighted by Crippen LogP contribution is -2.45. The Labute approximate surface area is 137 Å². The first kappa shape index (κ1) is 17.2. The molecule has 1 aliphatic heterocycles. The standard InChI is InChI=1S/C17H19F4NO2/c18-14-4-2-1-3-11(14)12-9-13(12)16(24)22-7-5-10(6-8-22)15(23)17(19,20)21/h1-4,10,12-13,15,23H,5-9H2. The molecule has 2 aliphatic rings. The highest BCUT2D eigenvalue weighted by atomic mass is 19.4. The van der Waals surface area contributed by atoms with Gasteiger partial charge in [-0.25, -0.2) is 4.39 Å². The Hall–Kier alpha value is -1.63. The molecule has 1 heterocycles. The molecule has 0 bridgehead atoms. The van der Waals surface area contributed by atoms with Crippen molar-refractivity contribution in [3.63, 3.8) is 0 Å². The third-order valence-electron chi connectivity index (χ3n) is 5.05. The van der Waals surface area contributed by atoms with Gasteiger partial charge in [0.2, 0.25) is 5.91 Å². The summed E-state index contributed by atoms with van der Waals surface area (Å²) in [6.07, 6.45) is -6.12. The summed E-state index contributed by atoms with van der Waals surface area (Å²) in [4.78, 5) is 14.0. The molecule has 7 heteroatoms. The first-order valence-electron chi connectivity index (χ1n) is 8.07. The number of likely N-dealkylation sites (tertiary alicyclic amines) is 1. The number of aliphatic hydroxyl groups excluding tert-OH is 1. The second-order valence-electron chi connectivity index (χ2n) is 6.62. The average molecular weight is 345 g/mol. The Morgan fingerprint density at radius 1 is 1.21 bits per heavy atom. The number of piperidine rings is 1. The second kappa shape index (κ2) is 6.35. The van der Waals surface area contributed by atoms with Crippen molar-refractivity contribution in [1.29, 1.82) is 0 Å². The van der Waals surface area contributed by atoms with Crippen LogP contribution in [-0.2, 0) is 4.79 Å². The summed E-state index contributed by atoms with van der Waals surface area (Å²) in [6.45, 7) is 0.411. The molecule has 1 aromatic carbocycles. The Kier molecular flexibility index (Phi) is 4.55. The van der Waals surface area contributed by atoms with Gasteiger partial charge < -0.3 is 10.0 Å². The molecule has 2 fully saturated rings. The van der Waals surface area contributed by atoms with Crippen LogP contribution in [0.3, 0.4) is 0 Å². The van der Waals surface area contributed by atoms with Crippen molar-refractivity contribution in [2.24, 2.45) is 11.8 Å². The van der Waals surface area contributed by atoms with E-state index in [1.54, 1.807) is 23.1 Å². The number of alkyl halides is 3. The SMILES string of the molecule is O=C(C1CC1c1ccccc1F)N1CCC(C(O)C(F)(F)F)CC1. The number of halogens is 4. The number of amides is 1. The van der Waals surface area contributed by atoms with Crippen molar-refractivity contribution < 1.29 is 27.5 Å². The van der Waals surface area contributed by atoms with Gasteiger partial charge in [-0.05, 0) is 42.7 Å². The maximum atomic E-state index is 13.8. The number of rotatable bonds is 3. The monoisotopic (exact) mass is 345 g/mol. The van der Waals surface area contributed by atoms with E-state index in [1.165, 1.54) is 6.07 Å². The fourth-order valence-corrected chi connectivity index (χ4v) is 3.52. The molecule has 1 saturated heterocycles. The van der Waals surface area contributed by atoms with E-state index in [-0.39, 0.29) is 49.5 Å². The summed E-state index contributed by atoms with van der Waals surface area (Å²) in [6, 6.07) is 6.34. The Morgan fingerprint density at radius 2 is 1.83 bits per heavy atom. The van der Waals surface area contributed by atoms with Gasteiger partial charge in [0, 0.05) is 19.0 Å². The van der Waals surface area contributed by atoms with E-state index in [2.05, 4.69) is 0 Å². The van der Waals surface area contributed by atoms with Crippen LogP contribution in [0.5, 0.6) is 0 Å². The number of nitrogens with zero attached hydrogens (tertiary/aromatic N) is 1. The molecule has 0 spiro atoms. The van der Waals surface area contributed by atoms with E-state index in [1.807, 2.05) is 0 Å². The van der Waals surface area contributed by atoms with Crippen LogP contribution in [-0.4, -0.2) is 41.3 Å². The zero-order chi connectivity index (χ0) is 17.5. The van der Waals surface area contributed by atoms with Crippen molar-refractivity contribution in [2.45, 2.75) is 37.5 Å². The van der Waals surface area contributed by atoms with Crippen molar-refractivity contribution >= 4 is 5.91 Å². The molecule has 1 saturated carbocycles. The topological polar surface area (TPSA) is 40.5 Å². The van der Waals surface area contributed by atoms with Crippen LogP contribution in [0.2, 0.25) is 0 Å². The molecule has 3 atom stereocenters. The fraction of sp³-hybridized carbons (Fsp3) is 0.588. The average Bonchev–Trinajstić information content (AvgIpc) is 3.33. The predicted octanol–water partition coefficient (Wildman–Crippen LogP) is 3.09. The highest BCUT2D eigenvalue weighted by Crippen LogP contribution is 2.49. The smallest absolute Gasteiger partial charge is 0.383 e. The zero-order valence-electron chi connectivity index (χ0n) is 13.0. The second-order valence-corrected chi connectivity index (χ2v) is 6.62. The molecule has 1 aromatic rings. The van der Waals surface area contributed by atoms with Crippen molar-refractivity contribution in [2.75, 3.05) is 13.1 Å². The van der Waals surface area contributed by atoms with Crippen LogP contribution >= 0.6 is 0 Å². The quantitative estimate of drug-likeness (QED) is 0.856. The van der Waals surface area contributed by atoms with E-state index in [9.17, 15) is 27.5 Å². The highest BCUT2D eigenvalue weighted by Gasteiger charge is 2.49. The lowest BCUT2D eigenvalue weighted by Gasteiger charge is -2.35. The predicted molar refractivity (Wildman–Crippen MR) is 78.6 cm³/mol. The maximum absolute atomic E-state index is 13.8. The fourth-order valence-electron chi connectivity index (χ4n) is 3.52. The van der Waals surface area contributed by atoms with Crippen LogP contribution in [0.15, 0.2) is 24.3 Å². The van der Waals surface area contributed by atoms with Crippen LogP contribution < -0.4 is 0 Å². The minimum atomic E-state index is -4.62. The normalized spacial score (nSPS) is 26.3. The lowest BCUT2D eigenvalue weighted by atomic mass is 9.90. The first-order valence-corrected chi connectivity index (χ1v) is 8.07. The summed E-state index contributed by atoms with van der Waals surface area (Å²) >= 11 is 0. The van der Waals surface area contributed by atoms with Crippen LogP contribution in [0, 0.1) is 17.7 Å². The van der Waals surface area contributed by atoms with Crippen molar-refractivity contribution in [3.8, 4) is 0 Å². The van der Waals surface area contributed by atoms with E-state index >= 15 is 0 Å². The summed E-state index contributed by atoms with van der Waals surface area (Å²) in [7, 11) is 0. The van der Waals surface area contributed by atoms with Crippen LogP contribution in [0.4, 0.5) is 17.6 Å². The molecule has 1 aliphatic carbocycles. The molecular weight excluding hydrogens is 326 g/mol. The van der Waals surface area contributed by atoms with E-state index in [4.69, 9.17) is 0 Å². The molecule has 3 unspecified atom stereocenters. The molecule has 24 heavy (non-hydrogen) atoms. The first-order chi connectivity index (χ1) is 11.3. The summed E-state index contributed by atoms with van der Waals surface area (Å²) in [5.41, 5.74) is 0.526. The van der Waals surface area contributed by atoms with Gasteiger partial charge in [0.15, 0.2) is 6.10 Å². The summed E-state index contributed by atoms with van der Waals surface area (Å²) < 4.78 is 51.4. The Bertz CT molecular complexity index is 611. The molecular formula is C17H19F4NO2. The molecule has 0 radical (unpaired) electrons. The molecule has 1 N–H and O–H groups in total. The number of carbonyl (C=O) groups is 1. The van der Waals surface area contributed by atoms with Gasteiger partial charge in [0.1, 0.15) is 5.82 Å². The number of benzene rings is 1. The lowest BCUT2D eigenvalue weighted by molar-refractivity contribution is -0.223. The Balaban J connectivity index is 1.55. The molecule has 132 valence electrons. The minimum Gasteiger partial charge on any atom is -0.383 e. The third kappa shape index (κ3) is 3.41. The van der Waals surface area contributed by atoms with E-state index < -0.39 is 18.2 Å². The van der Waals surface area contributed by atoms with Gasteiger partial charge in [0.25, 0.3) is 0 Å². The molecule has 1 amide bonds. The van der Waals surface area contributed by atoms with Crippen molar-refractivity contribution in [3.05, 3.63) is 35.6 Å². The summed E-state index contributed by atoms with van der Waals surface area (Å²) in [5, 5.41) is 9.31. The highest BCUT2D eigenvalue weighted by molar-refractivity contribution is 5.83. The minimum absolute atomic E-state index is 0.122. The van der Waals surface area contributed by atoms with Gasteiger partial charge in [0.05, 0.1) is 0 Å². The molecule has 3 rings (SSSR count). The number of hydrogen-bond donors (Lipinski definition) is 1. The number of aliphatic hydroxyl groups is 1. The molecule has 0 aromatic heterocycles. The van der Waals surface area contributed by atoms with Crippen LogP contribution in [0.25, 0.3) is 0 Å². The van der Waals surface area contributed by atoms with Gasteiger partial charge in [-0.15, -0.1) is 0 Å². The maximum Gasteiger partial charge on any atom is 0.414 e.